The van der Waals surface area contributed by atoms with Crippen molar-refractivity contribution in [2.45, 2.75) is 45.6 Å². The van der Waals surface area contributed by atoms with Crippen LogP contribution in [0.5, 0.6) is 0 Å². The average molecular weight is 302 g/mol. The fraction of sp³-hybridized carbons (Fsp3) is 0.857. The molecular formula is C14H30N4O3. The molecule has 5 N–H and O–H groups in total. The van der Waals surface area contributed by atoms with Crippen molar-refractivity contribution >= 4 is 12.0 Å². The third-order valence-corrected chi connectivity index (χ3v) is 2.62. The summed E-state index contributed by atoms with van der Waals surface area (Å²) < 4.78 is 5.10. The molecule has 0 radical (unpaired) electrons. The Balaban J connectivity index is 4.09. The summed E-state index contributed by atoms with van der Waals surface area (Å²) in [6, 6.07) is 0. The first kappa shape index (κ1) is 19.7. The molecule has 0 atom stereocenters. The summed E-state index contributed by atoms with van der Waals surface area (Å²) in [5.74, 6) is -0.00652. The van der Waals surface area contributed by atoms with Crippen LogP contribution < -0.4 is 16.8 Å². The van der Waals surface area contributed by atoms with Gasteiger partial charge in [-0.15, -0.1) is 0 Å². The molecular weight excluding hydrogens is 272 g/mol. The largest absolute Gasteiger partial charge is 0.444 e. The highest BCUT2D eigenvalue weighted by molar-refractivity contribution is 5.77. The summed E-state index contributed by atoms with van der Waals surface area (Å²) in [5.41, 5.74) is 10.4. The van der Waals surface area contributed by atoms with Crippen molar-refractivity contribution in [1.29, 1.82) is 0 Å². The van der Waals surface area contributed by atoms with Gasteiger partial charge in [0.25, 0.3) is 0 Å². The van der Waals surface area contributed by atoms with Gasteiger partial charge in [-0.3, -0.25) is 4.79 Å². The maximum absolute atomic E-state index is 12.1. The van der Waals surface area contributed by atoms with Gasteiger partial charge in [0.2, 0.25) is 5.91 Å². The molecule has 7 heteroatoms. The Labute approximate surface area is 127 Å². The van der Waals surface area contributed by atoms with E-state index < -0.39 is 11.7 Å². The highest BCUT2D eigenvalue weighted by Gasteiger charge is 2.17. The molecule has 0 aliphatic heterocycles. The third kappa shape index (κ3) is 11.0. The van der Waals surface area contributed by atoms with Gasteiger partial charge in [-0.25, -0.2) is 4.79 Å². The minimum absolute atomic E-state index is 0.00652. The molecule has 0 unspecified atom stereocenters. The molecule has 0 spiro atoms. The van der Waals surface area contributed by atoms with E-state index in [9.17, 15) is 9.59 Å². The zero-order valence-corrected chi connectivity index (χ0v) is 13.5. The molecule has 124 valence electrons. The zero-order chi connectivity index (χ0) is 16.3. The lowest BCUT2D eigenvalue weighted by molar-refractivity contribution is -0.131. The van der Waals surface area contributed by atoms with Crippen LogP contribution in [0.3, 0.4) is 0 Å². The van der Waals surface area contributed by atoms with Gasteiger partial charge in [0.05, 0.1) is 0 Å². The van der Waals surface area contributed by atoms with E-state index in [-0.39, 0.29) is 18.9 Å². The van der Waals surface area contributed by atoms with E-state index in [4.69, 9.17) is 16.2 Å². The van der Waals surface area contributed by atoms with Crippen LogP contribution in [0, 0.1) is 0 Å². The summed E-state index contributed by atoms with van der Waals surface area (Å²) in [6.07, 6.45) is 1.26. The maximum Gasteiger partial charge on any atom is 0.407 e. The molecule has 0 aromatic heterocycles. The van der Waals surface area contributed by atoms with E-state index in [2.05, 4.69) is 5.32 Å². The number of nitrogens with one attached hydrogen (secondary N) is 1. The zero-order valence-electron chi connectivity index (χ0n) is 13.5. The molecule has 0 fully saturated rings. The minimum atomic E-state index is -0.539. The number of amides is 2. The first-order valence-corrected chi connectivity index (χ1v) is 7.45. The highest BCUT2D eigenvalue weighted by atomic mass is 16.6. The SMILES string of the molecule is CC(C)(C)OC(=O)NCCC(=O)N(CCCN)CCCN. The molecule has 0 aliphatic rings. The normalized spacial score (nSPS) is 11.1. The Hall–Kier alpha value is -1.34. The lowest BCUT2D eigenvalue weighted by atomic mass is 10.2. The smallest absolute Gasteiger partial charge is 0.407 e. The van der Waals surface area contributed by atoms with Crippen molar-refractivity contribution in [3.63, 3.8) is 0 Å². The number of nitrogens with zero attached hydrogens (tertiary/aromatic N) is 1. The van der Waals surface area contributed by atoms with Crippen LogP contribution in [-0.2, 0) is 9.53 Å². The average Bonchev–Trinajstić information content (AvgIpc) is 2.36. The van der Waals surface area contributed by atoms with Crippen LogP contribution in [0.15, 0.2) is 0 Å². The van der Waals surface area contributed by atoms with Crippen LogP contribution in [0.4, 0.5) is 4.79 Å². The summed E-state index contributed by atoms with van der Waals surface area (Å²) in [6.45, 7) is 7.97. The van der Waals surface area contributed by atoms with Crippen molar-refractivity contribution < 1.29 is 14.3 Å². The standard InChI is InChI=1S/C14H30N4O3/c1-14(2,3)21-13(20)17-9-6-12(19)18(10-4-7-15)11-5-8-16/h4-11,15-16H2,1-3H3,(H,17,20). The molecule has 0 saturated carbocycles. The van der Waals surface area contributed by atoms with Gasteiger partial charge in [0.15, 0.2) is 0 Å². The van der Waals surface area contributed by atoms with Gasteiger partial charge in [0.1, 0.15) is 5.60 Å². The van der Waals surface area contributed by atoms with Crippen molar-refractivity contribution in [2.75, 3.05) is 32.7 Å². The molecule has 0 aliphatic carbocycles. The molecule has 0 aromatic rings. The lowest BCUT2D eigenvalue weighted by Gasteiger charge is -2.23. The second-order valence-electron chi connectivity index (χ2n) is 5.84. The van der Waals surface area contributed by atoms with Crippen LogP contribution in [0.2, 0.25) is 0 Å². The third-order valence-electron chi connectivity index (χ3n) is 2.62. The summed E-state index contributed by atoms with van der Waals surface area (Å²) in [7, 11) is 0. The fourth-order valence-corrected chi connectivity index (χ4v) is 1.67. The first-order chi connectivity index (χ1) is 9.80. The van der Waals surface area contributed by atoms with Gasteiger partial charge in [-0.2, -0.15) is 0 Å². The number of carbonyl (C=O) groups excluding carboxylic acids is 2. The van der Waals surface area contributed by atoms with Gasteiger partial charge >= 0.3 is 6.09 Å². The molecule has 7 nitrogen and oxygen atoms in total. The quantitative estimate of drug-likeness (QED) is 0.572. The Kier molecular flexibility index (Phi) is 9.73. The van der Waals surface area contributed by atoms with E-state index in [1.54, 1.807) is 25.7 Å². The van der Waals surface area contributed by atoms with E-state index in [0.717, 1.165) is 12.8 Å². The molecule has 2 amide bonds. The number of hydrogen-bond donors (Lipinski definition) is 3. The Morgan fingerprint density at radius 1 is 1.10 bits per heavy atom. The molecule has 0 rings (SSSR count). The second-order valence-corrected chi connectivity index (χ2v) is 5.84. The van der Waals surface area contributed by atoms with Crippen molar-refractivity contribution in [3.8, 4) is 0 Å². The number of rotatable bonds is 9. The molecule has 0 saturated heterocycles. The number of alkyl carbamates (subject to hydrolysis) is 1. The monoisotopic (exact) mass is 302 g/mol. The van der Waals surface area contributed by atoms with Crippen molar-refractivity contribution in [1.82, 2.24) is 10.2 Å². The molecule has 0 aromatic carbocycles. The summed E-state index contributed by atoms with van der Waals surface area (Å²) >= 11 is 0. The van der Waals surface area contributed by atoms with Gasteiger partial charge in [-0.05, 0) is 46.7 Å². The molecule has 0 bridgehead atoms. The van der Waals surface area contributed by atoms with Crippen molar-refractivity contribution in [3.05, 3.63) is 0 Å². The fourth-order valence-electron chi connectivity index (χ4n) is 1.67. The first-order valence-electron chi connectivity index (χ1n) is 7.45. The van der Waals surface area contributed by atoms with Gasteiger partial charge < -0.3 is 26.4 Å². The lowest BCUT2D eigenvalue weighted by Crippen LogP contribution is -2.38. The summed E-state index contributed by atoms with van der Waals surface area (Å²) in [4.78, 5) is 25.3. The van der Waals surface area contributed by atoms with Gasteiger partial charge in [-0.1, -0.05) is 0 Å². The predicted molar refractivity (Wildman–Crippen MR) is 82.8 cm³/mol. The molecule has 21 heavy (non-hydrogen) atoms. The van der Waals surface area contributed by atoms with E-state index in [0.29, 0.717) is 26.2 Å². The van der Waals surface area contributed by atoms with Crippen molar-refractivity contribution in [2.24, 2.45) is 11.5 Å². The predicted octanol–water partition coefficient (Wildman–Crippen LogP) is 0.427. The Morgan fingerprint density at radius 3 is 2.05 bits per heavy atom. The van der Waals surface area contributed by atoms with Crippen LogP contribution in [0.1, 0.15) is 40.0 Å². The Bertz CT molecular complexity index is 308. The number of hydrogen-bond acceptors (Lipinski definition) is 5. The van der Waals surface area contributed by atoms with Crippen LogP contribution >= 0.6 is 0 Å². The van der Waals surface area contributed by atoms with Gasteiger partial charge in [0, 0.05) is 26.1 Å². The number of ether oxygens (including phenoxy) is 1. The maximum atomic E-state index is 12.1. The molecule has 0 heterocycles. The van der Waals surface area contributed by atoms with E-state index in [1.807, 2.05) is 0 Å². The van der Waals surface area contributed by atoms with E-state index in [1.165, 1.54) is 0 Å². The minimum Gasteiger partial charge on any atom is -0.444 e. The second kappa shape index (κ2) is 10.4. The number of nitrogens with two attached hydrogens (primary N) is 2. The van der Waals surface area contributed by atoms with E-state index >= 15 is 0 Å². The van der Waals surface area contributed by atoms with Crippen LogP contribution in [0.25, 0.3) is 0 Å². The van der Waals surface area contributed by atoms with Crippen LogP contribution in [-0.4, -0.2) is 55.2 Å². The Morgan fingerprint density at radius 2 is 1.62 bits per heavy atom. The summed E-state index contributed by atoms with van der Waals surface area (Å²) in [5, 5.41) is 2.58. The highest BCUT2D eigenvalue weighted by Crippen LogP contribution is 2.06. The number of carbonyl (C=O) groups is 2. The topological polar surface area (TPSA) is 111 Å².